The predicted octanol–water partition coefficient (Wildman–Crippen LogP) is 2.38. The molecule has 5 heteroatoms. The molecule has 0 heterocycles. The van der Waals surface area contributed by atoms with Crippen LogP contribution in [0.3, 0.4) is 0 Å². The van der Waals surface area contributed by atoms with E-state index in [0.717, 1.165) is 6.07 Å². The Labute approximate surface area is 115 Å². The van der Waals surface area contributed by atoms with Crippen LogP contribution < -0.4 is 5.32 Å². The van der Waals surface area contributed by atoms with Crippen molar-refractivity contribution in [2.24, 2.45) is 0 Å². The largest absolute Gasteiger partial charge is 0.508 e. The van der Waals surface area contributed by atoms with Gasteiger partial charge in [-0.1, -0.05) is 12.1 Å². The molecule has 0 aliphatic rings. The summed E-state index contributed by atoms with van der Waals surface area (Å²) in [5.74, 6) is -1.66. The second-order valence-electron chi connectivity index (χ2n) is 4.83. The molecular weight excluding hydrogens is 258 g/mol. The Morgan fingerprint density at radius 3 is 2.45 bits per heavy atom. The number of phenols is 1. The highest BCUT2D eigenvalue weighted by Crippen LogP contribution is 2.28. The molecule has 0 atom stereocenters. The topological polar surface area (TPSA) is 86.6 Å². The second kappa shape index (κ2) is 5.21. The maximum Gasteiger partial charge on any atom is 0.336 e. The molecule has 2 aromatic carbocycles. The number of benzene rings is 2. The Kier molecular flexibility index (Phi) is 3.61. The van der Waals surface area contributed by atoms with E-state index < -0.39 is 5.97 Å². The van der Waals surface area contributed by atoms with Gasteiger partial charge in [0.15, 0.2) is 0 Å². The number of carboxylic acids is 1. The lowest BCUT2D eigenvalue weighted by Crippen LogP contribution is -2.30. The summed E-state index contributed by atoms with van der Waals surface area (Å²) in [5, 5.41) is 22.4. The highest BCUT2D eigenvalue weighted by molar-refractivity contribution is 6.14. The van der Waals surface area contributed by atoms with Crippen LogP contribution in [-0.2, 0) is 0 Å². The van der Waals surface area contributed by atoms with Crippen LogP contribution in [0.4, 0.5) is 0 Å². The highest BCUT2D eigenvalue weighted by Gasteiger charge is 2.18. The zero-order valence-corrected chi connectivity index (χ0v) is 11.2. The molecule has 1 amide bonds. The Morgan fingerprint density at radius 2 is 1.85 bits per heavy atom. The van der Waals surface area contributed by atoms with Gasteiger partial charge in [0.25, 0.3) is 5.91 Å². The molecule has 20 heavy (non-hydrogen) atoms. The predicted molar refractivity (Wildman–Crippen MR) is 75.2 cm³/mol. The first-order chi connectivity index (χ1) is 9.40. The van der Waals surface area contributed by atoms with E-state index in [4.69, 9.17) is 0 Å². The fraction of sp³-hybridized carbons (Fsp3) is 0.200. The van der Waals surface area contributed by atoms with Crippen LogP contribution in [0.5, 0.6) is 5.75 Å². The van der Waals surface area contributed by atoms with E-state index in [0.29, 0.717) is 10.8 Å². The average molecular weight is 273 g/mol. The molecule has 0 bridgehead atoms. The lowest BCUT2D eigenvalue weighted by Gasteiger charge is -2.12. The number of hydrogen-bond donors (Lipinski definition) is 3. The van der Waals surface area contributed by atoms with Gasteiger partial charge in [0, 0.05) is 17.0 Å². The Balaban J connectivity index is 2.73. The van der Waals surface area contributed by atoms with Crippen LogP contribution in [0.2, 0.25) is 0 Å². The number of carbonyl (C=O) groups excluding carboxylic acids is 1. The average Bonchev–Trinajstić information content (AvgIpc) is 2.35. The van der Waals surface area contributed by atoms with Gasteiger partial charge >= 0.3 is 5.97 Å². The van der Waals surface area contributed by atoms with Gasteiger partial charge in [-0.2, -0.15) is 0 Å². The minimum Gasteiger partial charge on any atom is -0.508 e. The van der Waals surface area contributed by atoms with E-state index in [2.05, 4.69) is 5.32 Å². The van der Waals surface area contributed by atoms with Crippen LogP contribution >= 0.6 is 0 Å². The standard InChI is InChI=1S/C15H15NO4/c1-8(2)16-14(18)11-5-3-4-9-6-10(17)7-12(13(9)11)15(19)20/h3-8,17H,1-2H3,(H,16,18)(H,19,20). The van der Waals surface area contributed by atoms with Crippen molar-refractivity contribution < 1.29 is 19.8 Å². The fourth-order valence-corrected chi connectivity index (χ4v) is 2.11. The summed E-state index contributed by atoms with van der Waals surface area (Å²) in [7, 11) is 0. The molecule has 0 saturated carbocycles. The molecule has 0 radical (unpaired) electrons. The quantitative estimate of drug-likeness (QED) is 0.801. The lowest BCUT2D eigenvalue weighted by molar-refractivity contribution is 0.0698. The van der Waals surface area contributed by atoms with Crippen LogP contribution in [0.25, 0.3) is 10.8 Å². The Bertz CT molecular complexity index is 692. The summed E-state index contributed by atoms with van der Waals surface area (Å²) < 4.78 is 0. The lowest BCUT2D eigenvalue weighted by atomic mass is 9.98. The highest BCUT2D eigenvalue weighted by atomic mass is 16.4. The van der Waals surface area contributed by atoms with Crippen LogP contribution in [0.1, 0.15) is 34.6 Å². The first-order valence-electron chi connectivity index (χ1n) is 6.20. The van der Waals surface area contributed by atoms with Crippen molar-refractivity contribution in [2.45, 2.75) is 19.9 Å². The second-order valence-corrected chi connectivity index (χ2v) is 4.83. The molecule has 5 nitrogen and oxygen atoms in total. The van der Waals surface area contributed by atoms with E-state index in [1.807, 2.05) is 13.8 Å². The molecule has 0 aliphatic heterocycles. The summed E-state index contributed by atoms with van der Waals surface area (Å²) in [4.78, 5) is 23.5. The van der Waals surface area contributed by atoms with Crippen molar-refractivity contribution in [1.29, 1.82) is 0 Å². The van der Waals surface area contributed by atoms with E-state index in [1.165, 1.54) is 6.07 Å². The Hall–Kier alpha value is -2.56. The minimum atomic E-state index is -1.18. The molecule has 2 rings (SSSR count). The first kappa shape index (κ1) is 13.9. The summed E-state index contributed by atoms with van der Waals surface area (Å²) >= 11 is 0. The summed E-state index contributed by atoms with van der Waals surface area (Å²) in [6.45, 7) is 3.65. The third-order valence-electron chi connectivity index (χ3n) is 2.86. The fourth-order valence-electron chi connectivity index (χ4n) is 2.11. The number of carbonyl (C=O) groups is 2. The number of rotatable bonds is 3. The number of carboxylic acid groups (broad SMARTS) is 1. The maximum atomic E-state index is 12.2. The number of fused-ring (bicyclic) bond motifs is 1. The van der Waals surface area contributed by atoms with E-state index in [9.17, 15) is 19.8 Å². The van der Waals surface area contributed by atoms with Crippen molar-refractivity contribution in [2.75, 3.05) is 0 Å². The first-order valence-corrected chi connectivity index (χ1v) is 6.20. The zero-order chi connectivity index (χ0) is 14.9. The number of hydrogen-bond acceptors (Lipinski definition) is 3. The molecule has 104 valence electrons. The SMILES string of the molecule is CC(C)NC(=O)c1cccc2cc(O)cc(C(=O)O)c12. The van der Waals surface area contributed by atoms with Crippen molar-refractivity contribution in [1.82, 2.24) is 5.32 Å². The number of aromatic carboxylic acids is 1. The third-order valence-corrected chi connectivity index (χ3v) is 2.86. The number of phenolic OH excluding ortho intramolecular Hbond substituents is 1. The third kappa shape index (κ3) is 2.56. The van der Waals surface area contributed by atoms with E-state index >= 15 is 0 Å². The molecule has 0 aliphatic carbocycles. The molecular formula is C15H15NO4. The molecule has 2 aromatic rings. The monoisotopic (exact) mass is 273 g/mol. The van der Waals surface area contributed by atoms with Crippen LogP contribution in [-0.4, -0.2) is 28.1 Å². The Morgan fingerprint density at radius 1 is 1.15 bits per heavy atom. The molecule has 0 spiro atoms. The van der Waals surface area contributed by atoms with Crippen molar-refractivity contribution in [3.8, 4) is 5.75 Å². The number of aromatic hydroxyl groups is 1. The summed E-state index contributed by atoms with van der Waals surface area (Å²) in [6.07, 6.45) is 0. The zero-order valence-electron chi connectivity index (χ0n) is 11.2. The van der Waals surface area contributed by atoms with E-state index in [1.54, 1.807) is 18.2 Å². The van der Waals surface area contributed by atoms with Gasteiger partial charge in [-0.3, -0.25) is 4.79 Å². The van der Waals surface area contributed by atoms with Crippen molar-refractivity contribution in [3.05, 3.63) is 41.5 Å². The molecule has 0 saturated heterocycles. The van der Waals surface area contributed by atoms with Gasteiger partial charge < -0.3 is 15.5 Å². The number of nitrogens with one attached hydrogen (secondary N) is 1. The summed E-state index contributed by atoms with van der Waals surface area (Å²) in [6, 6.07) is 7.42. The van der Waals surface area contributed by atoms with Crippen molar-refractivity contribution in [3.63, 3.8) is 0 Å². The number of amides is 1. The minimum absolute atomic E-state index is 0.0526. The molecule has 3 N–H and O–H groups in total. The summed E-state index contributed by atoms with van der Waals surface area (Å²) in [5.41, 5.74) is 0.197. The molecule has 0 fully saturated rings. The molecule has 0 aromatic heterocycles. The van der Waals surface area contributed by atoms with Gasteiger partial charge in [-0.25, -0.2) is 4.79 Å². The van der Waals surface area contributed by atoms with Crippen LogP contribution in [0.15, 0.2) is 30.3 Å². The maximum absolute atomic E-state index is 12.2. The molecule has 0 unspecified atom stereocenters. The van der Waals surface area contributed by atoms with E-state index in [-0.39, 0.29) is 28.8 Å². The van der Waals surface area contributed by atoms with Gasteiger partial charge in [0.2, 0.25) is 0 Å². The normalized spacial score (nSPS) is 10.8. The van der Waals surface area contributed by atoms with Gasteiger partial charge in [0.1, 0.15) is 5.75 Å². The van der Waals surface area contributed by atoms with Gasteiger partial charge in [0.05, 0.1) is 5.56 Å². The van der Waals surface area contributed by atoms with Gasteiger partial charge in [-0.05, 0) is 37.4 Å². The van der Waals surface area contributed by atoms with Crippen LogP contribution in [0, 0.1) is 0 Å². The van der Waals surface area contributed by atoms with Crippen molar-refractivity contribution >= 4 is 22.6 Å². The smallest absolute Gasteiger partial charge is 0.336 e. The van der Waals surface area contributed by atoms with Gasteiger partial charge in [-0.15, -0.1) is 0 Å².